The molecule has 0 aliphatic carbocycles. The molecule has 0 saturated heterocycles. The van der Waals surface area contributed by atoms with Crippen LogP contribution in [0.3, 0.4) is 0 Å². The SMILES string of the molecule is CCc1csc(Nc2cccc(CCCCl)c2)n1. The predicted molar refractivity (Wildman–Crippen MR) is 80.3 cm³/mol. The maximum absolute atomic E-state index is 5.72. The average molecular weight is 281 g/mol. The lowest BCUT2D eigenvalue weighted by Crippen LogP contribution is -1.92. The molecule has 2 nitrogen and oxygen atoms in total. The Morgan fingerprint density at radius 2 is 2.28 bits per heavy atom. The zero-order valence-electron chi connectivity index (χ0n) is 10.4. The van der Waals surface area contributed by atoms with E-state index in [0.717, 1.165) is 35.8 Å². The molecule has 2 rings (SSSR count). The summed E-state index contributed by atoms with van der Waals surface area (Å²) in [5.41, 5.74) is 3.55. The fourth-order valence-electron chi connectivity index (χ4n) is 1.73. The van der Waals surface area contributed by atoms with Crippen LogP contribution < -0.4 is 5.32 Å². The van der Waals surface area contributed by atoms with Crippen LogP contribution in [0.4, 0.5) is 10.8 Å². The molecule has 0 fully saturated rings. The lowest BCUT2D eigenvalue weighted by Gasteiger charge is -2.05. The maximum Gasteiger partial charge on any atom is 0.187 e. The first-order valence-corrected chi connectivity index (χ1v) is 7.59. The van der Waals surface area contributed by atoms with Crippen LogP contribution in [-0.4, -0.2) is 10.9 Å². The molecule has 1 heterocycles. The number of alkyl halides is 1. The number of hydrogen-bond acceptors (Lipinski definition) is 3. The van der Waals surface area contributed by atoms with Crippen LogP contribution in [0.1, 0.15) is 24.6 Å². The number of benzene rings is 1. The van der Waals surface area contributed by atoms with E-state index in [0.29, 0.717) is 5.88 Å². The molecule has 0 radical (unpaired) electrons. The van der Waals surface area contributed by atoms with Gasteiger partial charge in [-0.15, -0.1) is 22.9 Å². The van der Waals surface area contributed by atoms with E-state index < -0.39 is 0 Å². The van der Waals surface area contributed by atoms with Gasteiger partial charge in [0, 0.05) is 16.9 Å². The minimum atomic E-state index is 0.712. The van der Waals surface area contributed by atoms with Crippen LogP contribution in [-0.2, 0) is 12.8 Å². The number of nitrogens with zero attached hydrogens (tertiary/aromatic N) is 1. The van der Waals surface area contributed by atoms with Crippen LogP contribution in [0.15, 0.2) is 29.6 Å². The summed E-state index contributed by atoms with van der Waals surface area (Å²) in [5.74, 6) is 0.712. The molecule has 2 aromatic rings. The van der Waals surface area contributed by atoms with E-state index in [1.54, 1.807) is 11.3 Å². The van der Waals surface area contributed by atoms with Gasteiger partial charge in [0.05, 0.1) is 5.69 Å². The summed E-state index contributed by atoms with van der Waals surface area (Å²) >= 11 is 7.37. The number of aryl methyl sites for hydroxylation is 2. The van der Waals surface area contributed by atoms with Crippen molar-refractivity contribution in [1.29, 1.82) is 0 Å². The highest BCUT2D eigenvalue weighted by molar-refractivity contribution is 7.13. The average Bonchev–Trinajstić information content (AvgIpc) is 2.84. The first-order valence-electron chi connectivity index (χ1n) is 6.18. The first kappa shape index (κ1) is 13.4. The van der Waals surface area contributed by atoms with Gasteiger partial charge in [0.15, 0.2) is 5.13 Å². The Labute approximate surface area is 117 Å². The molecule has 0 amide bonds. The molecule has 4 heteroatoms. The summed E-state index contributed by atoms with van der Waals surface area (Å²) in [6.07, 6.45) is 3.02. The molecular weight excluding hydrogens is 264 g/mol. The van der Waals surface area contributed by atoms with Crippen LogP contribution in [0, 0.1) is 0 Å². The fourth-order valence-corrected chi connectivity index (χ4v) is 2.67. The second-order valence-electron chi connectivity index (χ2n) is 4.12. The van der Waals surface area contributed by atoms with Gasteiger partial charge in [-0.3, -0.25) is 0 Å². The summed E-state index contributed by atoms with van der Waals surface area (Å²) in [5, 5.41) is 6.41. The van der Waals surface area contributed by atoms with E-state index in [1.165, 1.54) is 5.56 Å². The van der Waals surface area contributed by atoms with Gasteiger partial charge in [0.1, 0.15) is 0 Å². The van der Waals surface area contributed by atoms with Crippen LogP contribution >= 0.6 is 22.9 Å². The number of nitrogens with one attached hydrogen (secondary N) is 1. The van der Waals surface area contributed by atoms with Gasteiger partial charge in [-0.1, -0.05) is 19.1 Å². The van der Waals surface area contributed by atoms with Gasteiger partial charge in [-0.25, -0.2) is 4.98 Å². The third-order valence-electron chi connectivity index (χ3n) is 2.69. The number of aromatic nitrogens is 1. The largest absolute Gasteiger partial charge is 0.332 e. The Balaban J connectivity index is 2.04. The maximum atomic E-state index is 5.72. The fraction of sp³-hybridized carbons (Fsp3) is 0.357. The summed E-state index contributed by atoms with van der Waals surface area (Å²) in [6, 6.07) is 8.44. The topological polar surface area (TPSA) is 24.9 Å². The highest BCUT2D eigenvalue weighted by Gasteiger charge is 2.01. The molecule has 0 aliphatic heterocycles. The molecule has 96 valence electrons. The summed E-state index contributed by atoms with van der Waals surface area (Å²) < 4.78 is 0. The van der Waals surface area contributed by atoms with Gasteiger partial charge >= 0.3 is 0 Å². The third-order valence-corrected chi connectivity index (χ3v) is 3.77. The summed E-state index contributed by atoms with van der Waals surface area (Å²) in [6.45, 7) is 2.12. The van der Waals surface area contributed by atoms with Gasteiger partial charge < -0.3 is 5.32 Å². The number of anilines is 2. The lowest BCUT2D eigenvalue weighted by molar-refractivity contribution is 0.929. The first-order chi connectivity index (χ1) is 8.81. The second kappa shape index (κ2) is 6.76. The Bertz CT molecular complexity index is 496. The summed E-state index contributed by atoms with van der Waals surface area (Å²) in [7, 11) is 0. The van der Waals surface area contributed by atoms with E-state index in [9.17, 15) is 0 Å². The molecule has 1 aromatic carbocycles. The van der Waals surface area contributed by atoms with Crippen LogP contribution in [0.5, 0.6) is 0 Å². The normalized spacial score (nSPS) is 10.6. The molecule has 0 unspecified atom stereocenters. The van der Waals surface area contributed by atoms with Crippen molar-refractivity contribution in [1.82, 2.24) is 4.98 Å². The van der Waals surface area contributed by atoms with E-state index in [-0.39, 0.29) is 0 Å². The lowest BCUT2D eigenvalue weighted by atomic mass is 10.1. The van der Waals surface area contributed by atoms with Gasteiger partial charge in [-0.05, 0) is 37.0 Å². The van der Waals surface area contributed by atoms with E-state index in [4.69, 9.17) is 11.6 Å². The van der Waals surface area contributed by atoms with E-state index >= 15 is 0 Å². The third kappa shape index (κ3) is 3.72. The Hall–Kier alpha value is -1.06. The molecule has 0 spiro atoms. The van der Waals surface area contributed by atoms with E-state index in [1.807, 2.05) is 0 Å². The second-order valence-corrected chi connectivity index (χ2v) is 5.35. The minimum absolute atomic E-state index is 0.712. The highest BCUT2D eigenvalue weighted by Crippen LogP contribution is 2.22. The van der Waals surface area contributed by atoms with Crippen LogP contribution in [0.2, 0.25) is 0 Å². The quantitative estimate of drug-likeness (QED) is 0.781. The number of hydrogen-bond donors (Lipinski definition) is 1. The van der Waals surface area contributed by atoms with E-state index in [2.05, 4.69) is 46.9 Å². The molecule has 0 saturated carbocycles. The predicted octanol–water partition coefficient (Wildman–Crippen LogP) is 4.62. The monoisotopic (exact) mass is 280 g/mol. The number of rotatable bonds is 6. The van der Waals surface area contributed by atoms with Crippen molar-refractivity contribution >= 4 is 33.8 Å². The van der Waals surface area contributed by atoms with Gasteiger partial charge in [0.2, 0.25) is 0 Å². The molecule has 1 aromatic heterocycles. The molecule has 0 atom stereocenters. The van der Waals surface area contributed by atoms with Crippen molar-refractivity contribution < 1.29 is 0 Å². The van der Waals surface area contributed by atoms with Crippen molar-refractivity contribution in [3.63, 3.8) is 0 Å². The number of thiazole rings is 1. The van der Waals surface area contributed by atoms with Crippen molar-refractivity contribution in [3.8, 4) is 0 Å². The molecule has 0 bridgehead atoms. The zero-order valence-corrected chi connectivity index (χ0v) is 12.0. The Kier molecular flexibility index (Phi) is 5.02. The van der Waals surface area contributed by atoms with Crippen molar-refractivity contribution in [3.05, 3.63) is 40.9 Å². The molecule has 0 aliphatic rings. The Morgan fingerprint density at radius 1 is 1.39 bits per heavy atom. The Morgan fingerprint density at radius 3 is 3.00 bits per heavy atom. The summed E-state index contributed by atoms with van der Waals surface area (Å²) in [4.78, 5) is 4.50. The smallest absolute Gasteiger partial charge is 0.187 e. The highest BCUT2D eigenvalue weighted by atomic mass is 35.5. The minimum Gasteiger partial charge on any atom is -0.332 e. The standard InChI is InChI=1S/C14H17ClN2S/c1-2-12-10-18-14(16-12)17-13-7-3-5-11(9-13)6-4-8-15/h3,5,7,9-10H,2,4,6,8H2,1H3,(H,16,17). The van der Waals surface area contributed by atoms with Crippen molar-refractivity contribution in [2.75, 3.05) is 11.2 Å². The van der Waals surface area contributed by atoms with Gasteiger partial charge in [0.25, 0.3) is 0 Å². The zero-order chi connectivity index (χ0) is 12.8. The van der Waals surface area contributed by atoms with Gasteiger partial charge in [-0.2, -0.15) is 0 Å². The molecule has 1 N–H and O–H groups in total. The van der Waals surface area contributed by atoms with Crippen molar-refractivity contribution in [2.24, 2.45) is 0 Å². The molecule has 18 heavy (non-hydrogen) atoms. The van der Waals surface area contributed by atoms with Crippen molar-refractivity contribution in [2.45, 2.75) is 26.2 Å². The number of halogens is 1. The van der Waals surface area contributed by atoms with Crippen LogP contribution in [0.25, 0.3) is 0 Å². The molecular formula is C14H17ClN2S.